The third-order valence-electron chi connectivity index (χ3n) is 6.14. The highest BCUT2D eigenvalue weighted by Gasteiger charge is 2.58. The van der Waals surface area contributed by atoms with Crippen molar-refractivity contribution in [3.63, 3.8) is 0 Å². The summed E-state index contributed by atoms with van der Waals surface area (Å²) in [6, 6.07) is 3.79. The van der Waals surface area contributed by atoms with Crippen LogP contribution in [0.25, 0.3) is 0 Å². The van der Waals surface area contributed by atoms with Crippen LogP contribution in [0.3, 0.4) is 0 Å². The van der Waals surface area contributed by atoms with Crippen LogP contribution in [0.4, 0.5) is 8.78 Å². The van der Waals surface area contributed by atoms with Crippen molar-refractivity contribution in [2.45, 2.75) is 12.8 Å². The molecule has 2 bridgehead atoms. The van der Waals surface area contributed by atoms with Gasteiger partial charge in [0.25, 0.3) is 0 Å². The van der Waals surface area contributed by atoms with Crippen molar-refractivity contribution >= 4 is 17.8 Å². The summed E-state index contributed by atoms with van der Waals surface area (Å²) in [5, 5.41) is 6.04. The van der Waals surface area contributed by atoms with Crippen molar-refractivity contribution in [2.24, 2.45) is 28.7 Å². The van der Waals surface area contributed by atoms with Gasteiger partial charge in [0.15, 0.2) is 5.96 Å². The van der Waals surface area contributed by atoms with Crippen molar-refractivity contribution in [1.82, 2.24) is 15.5 Å². The van der Waals surface area contributed by atoms with Crippen LogP contribution in [0.15, 0.2) is 35.3 Å². The predicted molar refractivity (Wildman–Crippen MR) is 104 cm³/mol. The number of rotatable bonds is 6. The lowest BCUT2D eigenvalue weighted by Gasteiger charge is -2.18. The molecule has 0 spiro atoms. The van der Waals surface area contributed by atoms with E-state index in [1.807, 2.05) is 0 Å². The van der Waals surface area contributed by atoms with Gasteiger partial charge in [-0.25, -0.2) is 8.78 Å². The minimum atomic E-state index is -0.574. The first-order valence-electron chi connectivity index (χ1n) is 9.92. The standard InChI is InChI=1S/C21H24F2N4O2/c1-24-21(25-8-7-14-15(22)3-2-4-16(14)23)26-9-10-27-19(28)17-12-5-6-13(11-12)18(17)20(27)29/h2-6,12-13,17-18H,7-11H2,1H3,(H2,24,25,26). The number of amides is 2. The van der Waals surface area contributed by atoms with Gasteiger partial charge in [0, 0.05) is 32.2 Å². The number of hydrogen-bond donors (Lipinski definition) is 2. The van der Waals surface area contributed by atoms with Crippen LogP contribution < -0.4 is 10.6 Å². The zero-order chi connectivity index (χ0) is 20.5. The third-order valence-corrected chi connectivity index (χ3v) is 6.14. The van der Waals surface area contributed by atoms with E-state index in [2.05, 4.69) is 27.8 Å². The average molecular weight is 402 g/mol. The van der Waals surface area contributed by atoms with E-state index < -0.39 is 11.6 Å². The minimum absolute atomic E-state index is 0.0264. The molecule has 2 N–H and O–H groups in total. The molecule has 2 aliphatic carbocycles. The largest absolute Gasteiger partial charge is 0.356 e. The van der Waals surface area contributed by atoms with Gasteiger partial charge in [0.2, 0.25) is 11.8 Å². The first-order chi connectivity index (χ1) is 14.0. The maximum atomic E-state index is 13.7. The van der Waals surface area contributed by atoms with E-state index >= 15 is 0 Å². The lowest BCUT2D eigenvalue weighted by Crippen LogP contribution is -2.44. The van der Waals surface area contributed by atoms with Crippen molar-refractivity contribution in [1.29, 1.82) is 0 Å². The first kappa shape index (κ1) is 19.5. The smallest absolute Gasteiger partial charge is 0.233 e. The van der Waals surface area contributed by atoms with Crippen LogP contribution in [0, 0.1) is 35.3 Å². The Morgan fingerprint density at radius 2 is 1.66 bits per heavy atom. The van der Waals surface area contributed by atoms with Gasteiger partial charge < -0.3 is 10.6 Å². The number of halogens is 2. The highest BCUT2D eigenvalue weighted by Crippen LogP contribution is 2.52. The monoisotopic (exact) mass is 402 g/mol. The molecule has 1 aliphatic heterocycles. The number of fused-ring (bicyclic) bond motifs is 5. The maximum absolute atomic E-state index is 13.7. The molecular weight excluding hydrogens is 378 g/mol. The minimum Gasteiger partial charge on any atom is -0.356 e. The summed E-state index contributed by atoms with van der Waals surface area (Å²) in [7, 11) is 1.58. The van der Waals surface area contributed by atoms with Crippen molar-refractivity contribution < 1.29 is 18.4 Å². The van der Waals surface area contributed by atoms with E-state index in [4.69, 9.17) is 0 Å². The highest BCUT2D eigenvalue weighted by atomic mass is 19.1. The summed E-state index contributed by atoms with van der Waals surface area (Å²) in [6.07, 6.45) is 5.23. The second kappa shape index (κ2) is 7.93. The van der Waals surface area contributed by atoms with Crippen LogP contribution in [0.1, 0.15) is 12.0 Å². The molecule has 1 aromatic rings. The van der Waals surface area contributed by atoms with Crippen LogP contribution >= 0.6 is 0 Å². The fourth-order valence-corrected chi connectivity index (χ4v) is 4.77. The molecule has 4 unspecified atom stereocenters. The van der Waals surface area contributed by atoms with Crippen molar-refractivity contribution in [3.05, 3.63) is 47.5 Å². The molecule has 1 saturated carbocycles. The van der Waals surface area contributed by atoms with Gasteiger partial charge in [-0.2, -0.15) is 0 Å². The number of likely N-dealkylation sites (tertiary alicyclic amines) is 1. The third kappa shape index (κ3) is 3.52. The highest BCUT2D eigenvalue weighted by molar-refractivity contribution is 6.06. The summed E-state index contributed by atoms with van der Waals surface area (Å²) in [5.41, 5.74) is 0.0264. The number of aliphatic imine (C=N–C) groups is 1. The Bertz CT molecular complexity index is 835. The van der Waals surface area contributed by atoms with Gasteiger partial charge in [-0.1, -0.05) is 18.2 Å². The number of allylic oxidation sites excluding steroid dienone is 2. The van der Waals surface area contributed by atoms with Gasteiger partial charge in [-0.05, 0) is 36.8 Å². The summed E-state index contributed by atoms with van der Waals surface area (Å²) >= 11 is 0. The normalized spacial score (nSPS) is 27.7. The van der Waals surface area contributed by atoms with Crippen LogP contribution in [-0.4, -0.2) is 49.4 Å². The van der Waals surface area contributed by atoms with E-state index in [-0.39, 0.29) is 60.6 Å². The van der Waals surface area contributed by atoms with Crippen LogP contribution in [-0.2, 0) is 16.0 Å². The molecule has 0 aromatic heterocycles. The molecule has 1 aromatic carbocycles. The van der Waals surface area contributed by atoms with Crippen LogP contribution in [0.5, 0.6) is 0 Å². The Kier molecular flexibility index (Phi) is 5.34. The first-order valence-corrected chi connectivity index (χ1v) is 9.92. The Hall–Kier alpha value is -2.77. The number of nitrogens with one attached hydrogen (secondary N) is 2. The summed E-state index contributed by atoms with van der Waals surface area (Å²) < 4.78 is 27.3. The van der Waals surface area contributed by atoms with Gasteiger partial charge in [0.1, 0.15) is 11.6 Å². The molecule has 29 heavy (non-hydrogen) atoms. The molecule has 3 aliphatic rings. The fraction of sp³-hybridized carbons (Fsp3) is 0.476. The molecular formula is C21H24F2N4O2. The molecule has 1 heterocycles. The topological polar surface area (TPSA) is 73.8 Å². The van der Waals surface area contributed by atoms with E-state index in [1.54, 1.807) is 7.05 Å². The molecule has 0 radical (unpaired) electrons. The lowest BCUT2D eigenvalue weighted by atomic mass is 9.85. The Labute approximate surface area is 168 Å². The molecule has 4 rings (SSSR count). The molecule has 1 saturated heterocycles. The quantitative estimate of drug-likeness (QED) is 0.327. The van der Waals surface area contributed by atoms with E-state index in [0.29, 0.717) is 12.5 Å². The zero-order valence-electron chi connectivity index (χ0n) is 16.2. The Morgan fingerprint density at radius 3 is 2.24 bits per heavy atom. The number of guanidine groups is 1. The lowest BCUT2D eigenvalue weighted by molar-refractivity contribution is -0.140. The zero-order valence-corrected chi connectivity index (χ0v) is 16.2. The molecule has 8 heteroatoms. The van der Waals surface area contributed by atoms with Crippen molar-refractivity contribution in [2.75, 3.05) is 26.7 Å². The van der Waals surface area contributed by atoms with E-state index in [9.17, 15) is 18.4 Å². The van der Waals surface area contributed by atoms with Crippen LogP contribution in [0.2, 0.25) is 0 Å². The Balaban J connectivity index is 1.25. The van der Waals surface area contributed by atoms with Crippen molar-refractivity contribution in [3.8, 4) is 0 Å². The Morgan fingerprint density at radius 1 is 1.07 bits per heavy atom. The number of imide groups is 1. The summed E-state index contributed by atoms with van der Waals surface area (Å²) in [6.45, 7) is 0.915. The predicted octanol–water partition coefficient (Wildman–Crippen LogP) is 1.48. The number of carbonyl (C=O) groups is 2. The van der Waals surface area contributed by atoms with E-state index in [0.717, 1.165) is 6.42 Å². The number of benzene rings is 1. The number of carbonyl (C=O) groups excluding carboxylic acids is 2. The van der Waals surface area contributed by atoms with Gasteiger partial charge >= 0.3 is 0 Å². The van der Waals surface area contributed by atoms with Gasteiger partial charge in [-0.3, -0.25) is 19.5 Å². The molecule has 6 nitrogen and oxygen atoms in total. The second-order valence-electron chi connectivity index (χ2n) is 7.70. The second-order valence-corrected chi connectivity index (χ2v) is 7.70. The molecule has 154 valence electrons. The number of nitrogens with zero attached hydrogens (tertiary/aromatic N) is 2. The average Bonchev–Trinajstić information content (AvgIpc) is 3.38. The maximum Gasteiger partial charge on any atom is 0.233 e. The summed E-state index contributed by atoms with van der Waals surface area (Å²) in [4.78, 5) is 30.7. The molecule has 2 amide bonds. The van der Waals surface area contributed by atoms with Gasteiger partial charge in [0.05, 0.1) is 11.8 Å². The molecule has 2 fully saturated rings. The summed E-state index contributed by atoms with van der Waals surface area (Å²) in [5.74, 6) is -0.822. The van der Waals surface area contributed by atoms with E-state index in [1.165, 1.54) is 23.1 Å². The SMILES string of the molecule is CN=C(NCCc1c(F)cccc1F)NCCN1C(=O)C2C3C=CC(C3)C2C1=O. The fourth-order valence-electron chi connectivity index (χ4n) is 4.77. The van der Waals surface area contributed by atoms with Gasteiger partial charge in [-0.15, -0.1) is 0 Å². The molecule has 4 atom stereocenters. The number of hydrogen-bond acceptors (Lipinski definition) is 3.